The number of nitrogens with zero attached hydrogens (tertiary/aromatic N) is 2. The summed E-state index contributed by atoms with van der Waals surface area (Å²) in [5.41, 5.74) is 0.998. The van der Waals surface area contributed by atoms with Crippen molar-refractivity contribution < 1.29 is 14.2 Å². The van der Waals surface area contributed by atoms with E-state index in [1.807, 2.05) is 6.07 Å². The lowest BCUT2D eigenvalue weighted by Gasteiger charge is -2.40. The van der Waals surface area contributed by atoms with E-state index in [1.165, 1.54) is 37.9 Å². The van der Waals surface area contributed by atoms with Crippen molar-refractivity contribution >= 4 is 23.2 Å². The molecule has 0 aromatic heterocycles. The Balaban J connectivity index is 1.20. The van der Waals surface area contributed by atoms with Gasteiger partial charge in [0.05, 0.1) is 16.7 Å². The molecule has 0 radical (unpaired) electrons. The predicted octanol–water partition coefficient (Wildman–Crippen LogP) is 6.31. The Morgan fingerprint density at radius 2 is 1.60 bits per heavy atom. The molecule has 5 nitrogen and oxygen atoms in total. The van der Waals surface area contributed by atoms with Crippen molar-refractivity contribution in [1.82, 2.24) is 9.80 Å². The Kier molecular flexibility index (Phi) is 9.99. The monoisotopic (exact) mass is 520 g/mol. The van der Waals surface area contributed by atoms with Crippen LogP contribution in [0.1, 0.15) is 44.1 Å². The van der Waals surface area contributed by atoms with Gasteiger partial charge in [0.15, 0.2) is 0 Å². The molecule has 2 aromatic carbocycles. The fourth-order valence-corrected chi connectivity index (χ4v) is 5.25. The molecule has 2 heterocycles. The highest BCUT2D eigenvalue weighted by atomic mass is 35.5. The molecule has 0 spiro atoms. The molecule has 2 aromatic rings. The molecule has 2 fully saturated rings. The second kappa shape index (κ2) is 13.2. The van der Waals surface area contributed by atoms with Gasteiger partial charge in [-0.3, -0.25) is 4.90 Å². The molecule has 2 aliphatic heterocycles. The first-order chi connectivity index (χ1) is 17.0. The van der Waals surface area contributed by atoms with Crippen LogP contribution in [0.3, 0.4) is 0 Å². The summed E-state index contributed by atoms with van der Waals surface area (Å²) in [4.78, 5) is 5.04. The van der Waals surface area contributed by atoms with E-state index in [-0.39, 0.29) is 5.60 Å². The van der Waals surface area contributed by atoms with Gasteiger partial charge in [-0.1, -0.05) is 41.8 Å². The molecule has 7 heteroatoms. The Hall–Kier alpha value is -1.50. The van der Waals surface area contributed by atoms with Crippen LogP contribution in [0.2, 0.25) is 10.0 Å². The first-order valence-electron chi connectivity index (χ1n) is 12.8. The summed E-state index contributed by atoms with van der Waals surface area (Å²) in [6.07, 6.45) is 6.98. The third-order valence-electron chi connectivity index (χ3n) is 7.23. The van der Waals surface area contributed by atoms with Crippen molar-refractivity contribution in [2.45, 2.75) is 50.7 Å². The molecule has 0 bridgehead atoms. The van der Waals surface area contributed by atoms with Crippen molar-refractivity contribution in [3.8, 4) is 11.5 Å². The normalized spacial score (nSPS) is 18.9. The number of likely N-dealkylation sites (tertiary alicyclic amines) is 2. The van der Waals surface area contributed by atoms with E-state index in [2.05, 4.69) is 34.1 Å². The molecule has 2 saturated heterocycles. The van der Waals surface area contributed by atoms with E-state index in [0.29, 0.717) is 22.4 Å². The summed E-state index contributed by atoms with van der Waals surface area (Å²) in [5, 5.41) is 1.03. The molecule has 0 saturated carbocycles. The summed E-state index contributed by atoms with van der Waals surface area (Å²) in [6.45, 7) is 7.74. The molecule has 35 heavy (non-hydrogen) atoms. The lowest BCUT2D eigenvalue weighted by atomic mass is 9.91. The van der Waals surface area contributed by atoms with E-state index in [0.717, 1.165) is 57.8 Å². The van der Waals surface area contributed by atoms with Crippen molar-refractivity contribution in [2.75, 3.05) is 53.0 Å². The van der Waals surface area contributed by atoms with Crippen LogP contribution in [-0.2, 0) is 11.3 Å². The Bertz CT molecular complexity index is 928. The first-order valence-corrected chi connectivity index (χ1v) is 13.6. The third kappa shape index (κ3) is 7.99. The maximum Gasteiger partial charge on any atom is 0.121 e. The zero-order valence-electron chi connectivity index (χ0n) is 20.8. The van der Waals surface area contributed by atoms with Gasteiger partial charge in [-0.15, -0.1) is 0 Å². The summed E-state index contributed by atoms with van der Waals surface area (Å²) in [7, 11) is 1.78. The van der Waals surface area contributed by atoms with Crippen LogP contribution >= 0.6 is 23.2 Å². The zero-order valence-corrected chi connectivity index (χ0v) is 22.3. The standard InChI is InChI=1S/C28H38Cl2N2O3/c1-33-28(22-35-25-9-10-26(29)27(30)20-25)11-16-32(17-12-28)21-23-7-5-8-24(19-23)34-18-6-15-31-13-3-2-4-14-31/h5,7-10,19-20H,2-4,6,11-18,21-22H2,1H3. The largest absolute Gasteiger partial charge is 0.494 e. The van der Waals surface area contributed by atoms with Gasteiger partial charge < -0.3 is 19.1 Å². The zero-order chi connectivity index (χ0) is 24.5. The molecule has 0 amide bonds. The minimum absolute atomic E-state index is 0.290. The number of hydrogen-bond acceptors (Lipinski definition) is 5. The summed E-state index contributed by atoms with van der Waals surface area (Å²) < 4.78 is 18.0. The van der Waals surface area contributed by atoms with Gasteiger partial charge in [0, 0.05) is 39.4 Å². The number of methoxy groups -OCH3 is 1. The Labute approximate surface area is 220 Å². The van der Waals surface area contributed by atoms with Gasteiger partial charge in [0.1, 0.15) is 23.7 Å². The maximum absolute atomic E-state index is 6.12. The van der Waals surface area contributed by atoms with Crippen LogP contribution in [0.4, 0.5) is 0 Å². The summed E-state index contributed by atoms with van der Waals surface area (Å²) >= 11 is 12.1. The minimum Gasteiger partial charge on any atom is -0.494 e. The Morgan fingerprint density at radius 1 is 0.829 bits per heavy atom. The molecule has 0 unspecified atom stereocenters. The number of halogens is 2. The van der Waals surface area contributed by atoms with Gasteiger partial charge in [0.25, 0.3) is 0 Å². The van der Waals surface area contributed by atoms with E-state index in [4.69, 9.17) is 37.4 Å². The number of hydrogen-bond donors (Lipinski definition) is 0. The van der Waals surface area contributed by atoms with Crippen LogP contribution in [0.25, 0.3) is 0 Å². The molecule has 4 rings (SSSR count). The minimum atomic E-state index is -0.290. The second-order valence-corrected chi connectivity index (χ2v) is 10.6. The van der Waals surface area contributed by atoms with Gasteiger partial charge in [0.2, 0.25) is 0 Å². The van der Waals surface area contributed by atoms with E-state index < -0.39 is 0 Å². The Morgan fingerprint density at radius 3 is 2.34 bits per heavy atom. The SMILES string of the molecule is COC1(COc2ccc(Cl)c(Cl)c2)CCN(Cc2cccc(OCCCN3CCCCC3)c2)CC1. The van der Waals surface area contributed by atoms with Crippen LogP contribution in [0, 0.1) is 0 Å². The van der Waals surface area contributed by atoms with E-state index in [9.17, 15) is 0 Å². The average Bonchev–Trinajstić information content (AvgIpc) is 2.89. The smallest absolute Gasteiger partial charge is 0.121 e. The number of ether oxygens (including phenoxy) is 3. The van der Waals surface area contributed by atoms with Gasteiger partial charge in [-0.25, -0.2) is 0 Å². The molecule has 0 aliphatic carbocycles. The molecular weight excluding hydrogens is 483 g/mol. The highest BCUT2D eigenvalue weighted by molar-refractivity contribution is 6.42. The average molecular weight is 522 g/mol. The van der Waals surface area contributed by atoms with E-state index >= 15 is 0 Å². The van der Waals surface area contributed by atoms with Gasteiger partial charge in [-0.05, 0) is 75.0 Å². The number of rotatable bonds is 11. The van der Waals surface area contributed by atoms with Gasteiger partial charge in [-0.2, -0.15) is 0 Å². The lowest BCUT2D eigenvalue weighted by Crippen LogP contribution is -2.48. The van der Waals surface area contributed by atoms with Crippen LogP contribution in [-0.4, -0.2) is 68.4 Å². The predicted molar refractivity (Wildman–Crippen MR) is 143 cm³/mol. The second-order valence-electron chi connectivity index (χ2n) is 9.78. The maximum atomic E-state index is 6.12. The highest BCUT2D eigenvalue weighted by Crippen LogP contribution is 2.30. The molecule has 0 N–H and O–H groups in total. The molecule has 0 atom stereocenters. The molecular formula is C28H38Cl2N2O3. The number of piperidine rings is 2. The van der Waals surface area contributed by atoms with E-state index in [1.54, 1.807) is 19.2 Å². The summed E-state index contributed by atoms with van der Waals surface area (Å²) in [6, 6.07) is 13.9. The van der Waals surface area contributed by atoms with Crippen molar-refractivity contribution in [1.29, 1.82) is 0 Å². The summed E-state index contributed by atoms with van der Waals surface area (Å²) in [5.74, 6) is 1.69. The highest BCUT2D eigenvalue weighted by Gasteiger charge is 2.35. The first kappa shape index (κ1) is 26.6. The fourth-order valence-electron chi connectivity index (χ4n) is 4.96. The van der Waals surface area contributed by atoms with Crippen molar-refractivity contribution in [3.63, 3.8) is 0 Å². The molecule has 192 valence electrons. The van der Waals surface area contributed by atoms with Crippen LogP contribution in [0.5, 0.6) is 11.5 Å². The molecule has 2 aliphatic rings. The topological polar surface area (TPSA) is 34.2 Å². The van der Waals surface area contributed by atoms with Crippen molar-refractivity contribution in [2.24, 2.45) is 0 Å². The number of benzene rings is 2. The quantitative estimate of drug-likeness (QED) is 0.324. The third-order valence-corrected chi connectivity index (χ3v) is 7.97. The lowest BCUT2D eigenvalue weighted by molar-refractivity contribution is -0.0839. The van der Waals surface area contributed by atoms with Crippen LogP contribution in [0.15, 0.2) is 42.5 Å². The van der Waals surface area contributed by atoms with Crippen LogP contribution < -0.4 is 9.47 Å². The van der Waals surface area contributed by atoms with Gasteiger partial charge >= 0.3 is 0 Å². The van der Waals surface area contributed by atoms with Crippen molar-refractivity contribution in [3.05, 3.63) is 58.1 Å². The fraction of sp³-hybridized carbons (Fsp3) is 0.571.